The fourth-order valence-corrected chi connectivity index (χ4v) is 2.87. The first-order chi connectivity index (χ1) is 14.0. The number of aromatic nitrogens is 2. The summed E-state index contributed by atoms with van der Waals surface area (Å²) in [5.41, 5.74) is 4.12. The molecule has 0 aliphatic rings. The molecule has 0 fully saturated rings. The van der Waals surface area contributed by atoms with Gasteiger partial charge in [0.1, 0.15) is 0 Å². The van der Waals surface area contributed by atoms with Gasteiger partial charge in [-0.2, -0.15) is 5.10 Å². The molecule has 0 bridgehead atoms. The van der Waals surface area contributed by atoms with E-state index in [4.69, 9.17) is 9.47 Å². The molecule has 0 spiro atoms. The lowest BCUT2D eigenvalue weighted by atomic mass is 10.3. The van der Waals surface area contributed by atoms with Gasteiger partial charge in [0.25, 0.3) is 11.5 Å². The lowest BCUT2D eigenvalue weighted by molar-refractivity contribution is -0.123. The molecule has 0 saturated carbocycles. The van der Waals surface area contributed by atoms with Gasteiger partial charge in [0, 0.05) is 12.6 Å². The van der Waals surface area contributed by atoms with Crippen LogP contribution in [0.4, 0.5) is 0 Å². The molecule has 0 radical (unpaired) electrons. The van der Waals surface area contributed by atoms with Crippen molar-refractivity contribution in [3.63, 3.8) is 0 Å². The van der Waals surface area contributed by atoms with E-state index >= 15 is 0 Å². The van der Waals surface area contributed by atoms with E-state index in [0.29, 0.717) is 22.8 Å². The van der Waals surface area contributed by atoms with Crippen molar-refractivity contribution in [1.29, 1.82) is 0 Å². The van der Waals surface area contributed by atoms with Gasteiger partial charge < -0.3 is 9.47 Å². The maximum Gasteiger partial charge on any atom is 0.277 e. The third-order valence-electron chi connectivity index (χ3n) is 4.35. The number of carbonyl (C=O) groups is 1. The molecule has 0 aliphatic carbocycles. The molecule has 0 aliphatic heterocycles. The zero-order chi connectivity index (χ0) is 20.8. The number of para-hydroxylation sites is 3. The first-order valence-corrected chi connectivity index (χ1v) is 8.94. The second kappa shape index (κ2) is 8.92. The van der Waals surface area contributed by atoms with E-state index in [1.54, 1.807) is 41.5 Å². The number of nitrogens with zero attached hydrogens (tertiary/aromatic N) is 3. The second-order valence-electron chi connectivity index (χ2n) is 6.22. The molecular formula is C21H22N4O4. The molecule has 1 N–H and O–H groups in total. The zero-order valence-electron chi connectivity index (χ0n) is 16.5. The van der Waals surface area contributed by atoms with Crippen LogP contribution in [0.2, 0.25) is 0 Å². The maximum atomic E-state index is 12.6. The minimum absolute atomic E-state index is 0.147. The highest BCUT2D eigenvalue weighted by Crippen LogP contribution is 2.25. The second-order valence-corrected chi connectivity index (χ2v) is 6.22. The molecule has 1 heterocycles. The van der Waals surface area contributed by atoms with Crippen LogP contribution in [-0.4, -0.2) is 35.2 Å². The fraction of sp³-hybridized carbons (Fsp3) is 0.190. The van der Waals surface area contributed by atoms with E-state index in [0.717, 1.165) is 5.69 Å². The molecule has 2 aromatic carbocycles. The first-order valence-electron chi connectivity index (χ1n) is 8.94. The SMILES string of the molecule is COc1ccccc1OCC(=O)N/N=C\c1c(C)c(=O)n(-c2ccccc2)n1C. The topological polar surface area (TPSA) is 86.9 Å². The van der Waals surface area contributed by atoms with Crippen LogP contribution in [0, 0.1) is 6.92 Å². The van der Waals surface area contributed by atoms with Gasteiger partial charge in [0.2, 0.25) is 0 Å². The molecule has 0 atom stereocenters. The van der Waals surface area contributed by atoms with Crippen molar-refractivity contribution in [3.8, 4) is 17.2 Å². The fourth-order valence-electron chi connectivity index (χ4n) is 2.87. The van der Waals surface area contributed by atoms with Crippen molar-refractivity contribution >= 4 is 12.1 Å². The highest BCUT2D eigenvalue weighted by atomic mass is 16.5. The van der Waals surface area contributed by atoms with Crippen LogP contribution in [0.5, 0.6) is 11.5 Å². The van der Waals surface area contributed by atoms with Crippen molar-refractivity contribution in [2.24, 2.45) is 12.1 Å². The van der Waals surface area contributed by atoms with E-state index < -0.39 is 5.91 Å². The first kappa shape index (κ1) is 19.9. The Bertz CT molecular complexity index is 1080. The van der Waals surface area contributed by atoms with Crippen LogP contribution in [0.25, 0.3) is 5.69 Å². The molecule has 8 heteroatoms. The zero-order valence-corrected chi connectivity index (χ0v) is 16.5. The summed E-state index contributed by atoms with van der Waals surface area (Å²) >= 11 is 0. The Kier molecular flexibility index (Phi) is 6.13. The van der Waals surface area contributed by atoms with Crippen molar-refractivity contribution in [2.75, 3.05) is 13.7 Å². The molecule has 1 aromatic heterocycles. The van der Waals surface area contributed by atoms with Gasteiger partial charge in [0.15, 0.2) is 18.1 Å². The van der Waals surface area contributed by atoms with E-state index in [9.17, 15) is 9.59 Å². The van der Waals surface area contributed by atoms with Gasteiger partial charge in [-0.05, 0) is 31.2 Å². The quantitative estimate of drug-likeness (QED) is 0.491. The van der Waals surface area contributed by atoms with Gasteiger partial charge >= 0.3 is 0 Å². The summed E-state index contributed by atoms with van der Waals surface area (Å²) in [7, 11) is 3.29. The number of benzene rings is 2. The van der Waals surface area contributed by atoms with Crippen molar-refractivity contribution in [1.82, 2.24) is 14.8 Å². The van der Waals surface area contributed by atoms with Crippen LogP contribution in [0.3, 0.4) is 0 Å². The average molecular weight is 394 g/mol. The lowest BCUT2D eigenvalue weighted by Crippen LogP contribution is -2.25. The van der Waals surface area contributed by atoms with Crippen molar-refractivity contribution in [3.05, 3.63) is 76.2 Å². The predicted molar refractivity (Wildman–Crippen MR) is 110 cm³/mol. The van der Waals surface area contributed by atoms with Gasteiger partial charge in [-0.3, -0.25) is 14.3 Å². The molecule has 0 saturated heterocycles. The summed E-state index contributed by atoms with van der Waals surface area (Å²) in [6, 6.07) is 16.3. The summed E-state index contributed by atoms with van der Waals surface area (Å²) in [6.07, 6.45) is 1.44. The molecule has 150 valence electrons. The third kappa shape index (κ3) is 4.37. The monoisotopic (exact) mass is 394 g/mol. The van der Waals surface area contributed by atoms with E-state index in [2.05, 4.69) is 10.5 Å². The summed E-state index contributed by atoms with van der Waals surface area (Å²) in [5, 5.41) is 3.96. The summed E-state index contributed by atoms with van der Waals surface area (Å²) in [5.74, 6) is 0.571. The molecule has 0 unspecified atom stereocenters. The number of carbonyl (C=O) groups excluding carboxylic acids is 1. The van der Waals surface area contributed by atoms with Crippen LogP contribution < -0.4 is 20.5 Å². The smallest absolute Gasteiger partial charge is 0.277 e. The Balaban J connectivity index is 1.68. The van der Waals surface area contributed by atoms with Gasteiger partial charge in [-0.1, -0.05) is 30.3 Å². The van der Waals surface area contributed by atoms with E-state index in [-0.39, 0.29) is 12.2 Å². The van der Waals surface area contributed by atoms with E-state index in [1.165, 1.54) is 13.3 Å². The van der Waals surface area contributed by atoms with Crippen LogP contribution in [0.1, 0.15) is 11.3 Å². The summed E-state index contributed by atoms with van der Waals surface area (Å²) in [4.78, 5) is 24.6. The predicted octanol–water partition coefficient (Wildman–Crippen LogP) is 2.02. The molecule has 1 amide bonds. The lowest BCUT2D eigenvalue weighted by Gasteiger charge is -2.09. The number of hydrogen-bond donors (Lipinski definition) is 1. The molecule has 3 rings (SSSR count). The number of hydrogen-bond acceptors (Lipinski definition) is 5. The normalized spacial score (nSPS) is 10.9. The Labute approximate surface area is 168 Å². The van der Waals surface area contributed by atoms with E-state index in [1.807, 2.05) is 36.4 Å². The Morgan fingerprint density at radius 1 is 1.10 bits per heavy atom. The van der Waals surface area contributed by atoms with Crippen molar-refractivity contribution in [2.45, 2.75) is 6.92 Å². The number of amides is 1. The number of hydrazone groups is 1. The summed E-state index contributed by atoms with van der Waals surface area (Å²) in [6.45, 7) is 1.50. The van der Waals surface area contributed by atoms with Gasteiger partial charge in [-0.15, -0.1) is 0 Å². The molecule has 29 heavy (non-hydrogen) atoms. The van der Waals surface area contributed by atoms with Crippen LogP contribution >= 0.6 is 0 Å². The Morgan fingerprint density at radius 3 is 2.45 bits per heavy atom. The third-order valence-corrected chi connectivity index (χ3v) is 4.35. The van der Waals surface area contributed by atoms with Crippen LogP contribution in [-0.2, 0) is 11.8 Å². The highest BCUT2D eigenvalue weighted by Gasteiger charge is 2.14. The Hall–Kier alpha value is -3.81. The summed E-state index contributed by atoms with van der Waals surface area (Å²) < 4.78 is 13.9. The van der Waals surface area contributed by atoms with Crippen molar-refractivity contribution < 1.29 is 14.3 Å². The molecule has 8 nitrogen and oxygen atoms in total. The number of ether oxygens (including phenoxy) is 2. The Morgan fingerprint density at radius 2 is 1.76 bits per heavy atom. The number of nitrogens with one attached hydrogen (secondary N) is 1. The highest BCUT2D eigenvalue weighted by molar-refractivity contribution is 5.82. The number of methoxy groups -OCH3 is 1. The standard InChI is InChI=1S/C21H22N4O4/c1-15-17(24(2)25(21(15)27)16-9-5-4-6-10-16)13-22-23-20(26)14-29-19-12-8-7-11-18(19)28-3/h4-13H,14H2,1-3H3,(H,23,26)/b22-13-. The minimum Gasteiger partial charge on any atom is -0.493 e. The van der Waals surface area contributed by atoms with Crippen LogP contribution in [0.15, 0.2) is 64.5 Å². The van der Waals surface area contributed by atoms with Gasteiger partial charge in [-0.25, -0.2) is 10.1 Å². The average Bonchev–Trinajstić information content (AvgIpc) is 2.96. The molecular weight excluding hydrogens is 372 g/mol. The largest absolute Gasteiger partial charge is 0.493 e. The minimum atomic E-state index is -0.433. The maximum absolute atomic E-state index is 12.6. The molecule has 3 aromatic rings. The number of rotatable bonds is 7. The van der Waals surface area contributed by atoms with Gasteiger partial charge in [0.05, 0.1) is 24.7 Å².